The molecule has 0 aliphatic carbocycles. The van der Waals surface area contributed by atoms with Crippen LogP contribution < -0.4 is 9.80 Å². The molecule has 0 atom stereocenters. The van der Waals surface area contributed by atoms with Gasteiger partial charge in [-0.25, -0.2) is 9.97 Å². The first-order chi connectivity index (χ1) is 14.5. The van der Waals surface area contributed by atoms with Crippen LogP contribution in [0.3, 0.4) is 0 Å². The standard InChI is InChI=1S/C20H25N7O3/c1-23-5-7-24(8-6-23)18-14-19(22-15-21-18)25-9-11-26(12-10-25)20(28)16-3-2-4-17(13-16)27(29)30/h2-4,13-15H,5-12H2,1H3. The van der Waals surface area contributed by atoms with Crippen LogP contribution in [0, 0.1) is 10.1 Å². The highest BCUT2D eigenvalue weighted by Crippen LogP contribution is 2.21. The fourth-order valence-electron chi connectivity index (χ4n) is 3.79. The maximum Gasteiger partial charge on any atom is 0.270 e. The minimum absolute atomic E-state index is 0.0723. The molecule has 1 aromatic heterocycles. The summed E-state index contributed by atoms with van der Waals surface area (Å²) in [4.78, 5) is 40.6. The molecule has 158 valence electrons. The number of rotatable bonds is 4. The molecule has 3 heterocycles. The molecule has 2 aliphatic heterocycles. The molecular formula is C20H25N7O3. The number of hydrogen-bond acceptors (Lipinski definition) is 8. The predicted molar refractivity (Wildman–Crippen MR) is 113 cm³/mol. The van der Waals surface area contributed by atoms with Crippen LogP contribution in [0.25, 0.3) is 0 Å². The molecule has 0 bridgehead atoms. The number of nitro benzene ring substituents is 1. The highest BCUT2D eigenvalue weighted by Gasteiger charge is 2.25. The molecule has 30 heavy (non-hydrogen) atoms. The lowest BCUT2D eigenvalue weighted by Crippen LogP contribution is -2.49. The van der Waals surface area contributed by atoms with E-state index in [0.29, 0.717) is 31.7 Å². The van der Waals surface area contributed by atoms with Gasteiger partial charge >= 0.3 is 0 Å². The van der Waals surface area contributed by atoms with Crippen molar-refractivity contribution in [1.82, 2.24) is 19.8 Å². The van der Waals surface area contributed by atoms with Gasteiger partial charge in [0.2, 0.25) is 0 Å². The van der Waals surface area contributed by atoms with Crippen LogP contribution in [0.2, 0.25) is 0 Å². The summed E-state index contributed by atoms with van der Waals surface area (Å²) in [5.41, 5.74) is 0.272. The van der Waals surface area contributed by atoms with E-state index in [1.807, 2.05) is 6.07 Å². The van der Waals surface area contributed by atoms with Crippen molar-refractivity contribution in [3.8, 4) is 0 Å². The molecule has 10 heteroatoms. The first-order valence-corrected chi connectivity index (χ1v) is 10.1. The topological polar surface area (TPSA) is 99.0 Å². The van der Waals surface area contributed by atoms with Crippen molar-refractivity contribution >= 4 is 23.2 Å². The Labute approximate surface area is 174 Å². The van der Waals surface area contributed by atoms with Crippen molar-refractivity contribution in [2.45, 2.75) is 0 Å². The fraction of sp³-hybridized carbons (Fsp3) is 0.450. The predicted octanol–water partition coefficient (Wildman–Crippen LogP) is 1.10. The van der Waals surface area contributed by atoms with Crippen LogP contribution in [0.4, 0.5) is 17.3 Å². The largest absolute Gasteiger partial charge is 0.354 e. The van der Waals surface area contributed by atoms with Crippen molar-refractivity contribution in [3.63, 3.8) is 0 Å². The number of benzene rings is 1. The molecule has 0 spiro atoms. The molecule has 1 aromatic carbocycles. The van der Waals surface area contributed by atoms with Crippen LogP contribution in [0.1, 0.15) is 10.4 Å². The number of anilines is 2. The zero-order valence-electron chi connectivity index (χ0n) is 17.0. The lowest BCUT2D eigenvalue weighted by Gasteiger charge is -2.36. The normalized spacial score (nSPS) is 17.8. The molecule has 0 radical (unpaired) electrons. The third-order valence-corrected chi connectivity index (χ3v) is 5.66. The number of likely N-dealkylation sites (N-methyl/N-ethyl adjacent to an activating group) is 1. The Balaban J connectivity index is 1.39. The molecule has 2 aliphatic rings. The fourth-order valence-corrected chi connectivity index (χ4v) is 3.79. The van der Waals surface area contributed by atoms with Crippen molar-refractivity contribution in [2.24, 2.45) is 0 Å². The van der Waals surface area contributed by atoms with Gasteiger partial charge in [0.25, 0.3) is 11.6 Å². The van der Waals surface area contributed by atoms with Gasteiger partial charge in [0, 0.05) is 76.1 Å². The van der Waals surface area contributed by atoms with Crippen LogP contribution in [0.5, 0.6) is 0 Å². The Hall–Kier alpha value is -3.27. The second-order valence-corrected chi connectivity index (χ2v) is 7.61. The molecule has 10 nitrogen and oxygen atoms in total. The molecular weight excluding hydrogens is 386 g/mol. The Morgan fingerprint density at radius 3 is 2.13 bits per heavy atom. The third kappa shape index (κ3) is 4.33. The summed E-state index contributed by atoms with van der Waals surface area (Å²) in [6.07, 6.45) is 1.60. The van der Waals surface area contributed by atoms with Gasteiger partial charge in [0.15, 0.2) is 0 Å². The van der Waals surface area contributed by atoms with E-state index >= 15 is 0 Å². The number of piperazine rings is 2. The van der Waals surface area contributed by atoms with E-state index in [9.17, 15) is 14.9 Å². The van der Waals surface area contributed by atoms with Crippen molar-refractivity contribution < 1.29 is 9.72 Å². The van der Waals surface area contributed by atoms with Crippen LogP contribution in [-0.4, -0.2) is 90.0 Å². The summed E-state index contributed by atoms with van der Waals surface area (Å²) in [6, 6.07) is 7.91. The van der Waals surface area contributed by atoms with Crippen molar-refractivity contribution in [1.29, 1.82) is 0 Å². The molecule has 0 saturated carbocycles. The molecule has 2 saturated heterocycles. The number of nitro groups is 1. The van der Waals surface area contributed by atoms with Gasteiger partial charge in [-0.05, 0) is 13.1 Å². The zero-order chi connectivity index (χ0) is 21.1. The number of non-ortho nitro benzene ring substituents is 1. The maximum atomic E-state index is 12.8. The molecule has 1 amide bonds. The number of nitrogens with zero attached hydrogens (tertiary/aromatic N) is 7. The lowest BCUT2D eigenvalue weighted by molar-refractivity contribution is -0.384. The smallest absolute Gasteiger partial charge is 0.270 e. The molecule has 0 unspecified atom stereocenters. The van der Waals surface area contributed by atoms with Gasteiger partial charge < -0.3 is 19.6 Å². The molecule has 2 aromatic rings. The minimum atomic E-state index is -0.484. The average Bonchev–Trinajstić information content (AvgIpc) is 2.79. The van der Waals surface area contributed by atoms with Crippen LogP contribution in [-0.2, 0) is 0 Å². The summed E-state index contributed by atoms with van der Waals surface area (Å²) in [6.45, 7) is 6.29. The van der Waals surface area contributed by atoms with E-state index in [2.05, 4.69) is 31.7 Å². The van der Waals surface area contributed by atoms with E-state index in [0.717, 1.165) is 37.8 Å². The number of carbonyl (C=O) groups excluding carboxylic acids is 1. The van der Waals surface area contributed by atoms with Gasteiger partial charge in [-0.1, -0.05) is 6.07 Å². The summed E-state index contributed by atoms with van der Waals surface area (Å²) in [5.74, 6) is 1.61. The third-order valence-electron chi connectivity index (χ3n) is 5.66. The van der Waals surface area contributed by atoms with Gasteiger partial charge in [-0.2, -0.15) is 0 Å². The van der Waals surface area contributed by atoms with E-state index in [1.165, 1.54) is 12.1 Å². The molecule has 4 rings (SSSR count). The number of carbonyl (C=O) groups is 1. The number of aromatic nitrogens is 2. The lowest BCUT2D eigenvalue weighted by atomic mass is 10.1. The van der Waals surface area contributed by atoms with Crippen LogP contribution in [0.15, 0.2) is 36.7 Å². The molecule has 2 fully saturated rings. The average molecular weight is 411 g/mol. The Kier molecular flexibility index (Phi) is 5.75. The first kappa shape index (κ1) is 20.0. The van der Waals surface area contributed by atoms with E-state index in [4.69, 9.17) is 0 Å². The summed E-state index contributed by atoms with van der Waals surface area (Å²) in [7, 11) is 2.12. The van der Waals surface area contributed by atoms with Gasteiger partial charge in [-0.15, -0.1) is 0 Å². The van der Waals surface area contributed by atoms with Gasteiger partial charge in [0.05, 0.1) is 4.92 Å². The van der Waals surface area contributed by atoms with Gasteiger partial charge in [-0.3, -0.25) is 14.9 Å². The highest BCUT2D eigenvalue weighted by atomic mass is 16.6. The second kappa shape index (κ2) is 8.62. The minimum Gasteiger partial charge on any atom is -0.354 e. The maximum absolute atomic E-state index is 12.8. The highest BCUT2D eigenvalue weighted by molar-refractivity contribution is 5.95. The first-order valence-electron chi connectivity index (χ1n) is 10.1. The summed E-state index contributed by atoms with van der Waals surface area (Å²) in [5, 5.41) is 11.0. The summed E-state index contributed by atoms with van der Waals surface area (Å²) < 4.78 is 0. The Morgan fingerprint density at radius 2 is 1.53 bits per heavy atom. The second-order valence-electron chi connectivity index (χ2n) is 7.61. The van der Waals surface area contributed by atoms with Crippen molar-refractivity contribution in [3.05, 3.63) is 52.3 Å². The number of hydrogen-bond donors (Lipinski definition) is 0. The van der Waals surface area contributed by atoms with E-state index in [-0.39, 0.29) is 11.6 Å². The van der Waals surface area contributed by atoms with E-state index in [1.54, 1.807) is 23.4 Å². The number of amides is 1. The zero-order valence-corrected chi connectivity index (χ0v) is 17.0. The van der Waals surface area contributed by atoms with Gasteiger partial charge in [0.1, 0.15) is 18.0 Å². The monoisotopic (exact) mass is 411 g/mol. The summed E-state index contributed by atoms with van der Waals surface area (Å²) >= 11 is 0. The van der Waals surface area contributed by atoms with E-state index < -0.39 is 4.92 Å². The Bertz CT molecular complexity index is 922. The molecule has 0 N–H and O–H groups in total. The van der Waals surface area contributed by atoms with Crippen LogP contribution >= 0.6 is 0 Å². The van der Waals surface area contributed by atoms with Crippen molar-refractivity contribution in [2.75, 3.05) is 69.2 Å². The Morgan fingerprint density at radius 1 is 0.933 bits per heavy atom. The SMILES string of the molecule is CN1CCN(c2cc(N3CCN(C(=O)c4cccc([N+](=O)[O-])c4)CC3)ncn2)CC1. The quantitative estimate of drug-likeness (QED) is 0.545.